The lowest BCUT2D eigenvalue weighted by molar-refractivity contribution is -0.142. The Kier molecular flexibility index (Phi) is 15.4. The second kappa shape index (κ2) is 16.1. The number of carboxylic acids is 1. The molecule has 5 N–H and O–H groups in total. The summed E-state index contributed by atoms with van der Waals surface area (Å²) in [6.45, 7) is 4.90. The molecule has 0 spiro atoms. The molecular weight excluding hydrogens is 332 g/mol. The standard InChI is InChI=1S/C20H40N2O4/c1-16(2)11-8-6-4-3-5-7-9-12-17(23)15-19(24)22-18(20(25)26)13-10-14-21/h16-18,23H,3-15,21H2,1-2H3,(H,22,24)(H,25,26)/t17?,18-/m1/s1. The van der Waals surface area contributed by atoms with Gasteiger partial charge in [-0.25, -0.2) is 4.79 Å². The van der Waals surface area contributed by atoms with Crippen molar-refractivity contribution < 1.29 is 19.8 Å². The van der Waals surface area contributed by atoms with E-state index in [4.69, 9.17) is 10.8 Å². The maximum Gasteiger partial charge on any atom is 0.326 e. The van der Waals surface area contributed by atoms with Crippen molar-refractivity contribution in [3.63, 3.8) is 0 Å². The summed E-state index contributed by atoms with van der Waals surface area (Å²) < 4.78 is 0. The minimum Gasteiger partial charge on any atom is -0.480 e. The molecule has 0 aromatic carbocycles. The second-order valence-corrected chi connectivity index (χ2v) is 7.69. The van der Waals surface area contributed by atoms with E-state index in [1.54, 1.807) is 0 Å². The Morgan fingerprint density at radius 1 is 0.885 bits per heavy atom. The first-order valence-electron chi connectivity index (χ1n) is 10.3. The van der Waals surface area contributed by atoms with Crippen LogP contribution in [0.1, 0.15) is 90.9 Å². The van der Waals surface area contributed by atoms with Gasteiger partial charge in [-0.2, -0.15) is 0 Å². The van der Waals surface area contributed by atoms with Gasteiger partial charge in [-0.15, -0.1) is 0 Å². The lowest BCUT2D eigenvalue weighted by atomic mass is 10.0. The zero-order valence-corrected chi connectivity index (χ0v) is 16.7. The number of carbonyl (C=O) groups is 2. The number of aliphatic carboxylic acids is 1. The Morgan fingerprint density at radius 3 is 1.92 bits per heavy atom. The Morgan fingerprint density at radius 2 is 1.42 bits per heavy atom. The number of nitrogens with two attached hydrogens (primary N) is 1. The minimum atomic E-state index is -1.06. The number of hydrogen-bond acceptors (Lipinski definition) is 4. The fraction of sp³-hybridized carbons (Fsp3) is 0.900. The molecule has 154 valence electrons. The third-order valence-electron chi connectivity index (χ3n) is 4.57. The molecule has 0 rings (SSSR count). The average Bonchev–Trinajstić information content (AvgIpc) is 2.56. The first kappa shape index (κ1) is 24.9. The summed E-state index contributed by atoms with van der Waals surface area (Å²) in [7, 11) is 0. The van der Waals surface area contributed by atoms with E-state index < -0.39 is 24.0 Å². The first-order chi connectivity index (χ1) is 12.4. The summed E-state index contributed by atoms with van der Waals surface area (Å²) in [5, 5.41) is 21.5. The van der Waals surface area contributed by atoms with Gasteiger partial charge in [0.1, 0.15) is 6.04 Å². The summed E-state index contributed by atoms with van der Waals surface area (Å²) in [6, 6.07) is -0.922. The predicted octanol–water partition coefficient (Wildman–Crippen LogP) is 3.21. The van der Waals surface area contributed by atoms with E-state index in [1.807, 2.05) is 0 Å². The zero-order valence-electron chi connectivity index (χ0n) is 16.7. The van der Waals surface area contributed by atoms with Gasteiger partial charge in [0.2, 0.25) is 5.91 Å². The molecule has 26 heavy (non-hydrogen) atoms. The van der Waals surface area contributed by atoms with Gasteiger partial charge in [0.15, 0.2) is 0 Å². The highest BCUT2D eigenvalue weighted by molar-refractivity contribution is 5.83. The molecule has 0 radical (unpaired) electrons. The molecule has 0 aromatic rings. The van der Waals surface area contributed by atoms with Crippen molar-refractivity contribution in [2.75, 3.05) is 6.54 Å². The highest BCUT2D eigenvalue weighted by Gasteiger charge is 2.20. The molecule has 0 saturated carbocycles. The Bertz CT molecular complexity index is 375. The molecule has 0 fully saturated rings. The maximum absolute atomic E-state index is 11.8. The fourth-order valence-corrected chi connectivity index (χ4v) is 2.97. The number of nitrogens with one attached hydrogen (secondary N) is 1. The van der Waals surface area contributed by atoms with E-state index in [0.717, 1.165) is 18.8 Å². The van der Waals surface area contributed by atoms with E-state index >= 15 is 0 Å². The molecule has 6 heteroatoms. The molecule has 6 nitrogen and oxygen atoms in total. The van der Waals surface area contributed by atoms with Crippen molar-refractivity contribution in [1.29, 1.82) is 0 Å². The molecule has 1 amide bonds. The smallest absolute Gasteiger partial charge is 0.326 e. The van der Waals surface area contributed by atoms with Crippen LogP contribution in [0.5, 0.6) is 0 Å². The molecule has 0 bridgehead atoms. The monoisotopic (exact) mass is 372 g/mol. The van der Waals surface area contributed by atoms with E-state index in [2.05, 4.69) is 19.2 Å². The van der Waals surface area contributed by atoms with Gasteiger partial charge in [-0.1, -0.05) is 65.2 Å². The maximum atomic E-state index is 11.8. The van der Waals surface area contributed by atoms with Crippen molar-refractivity contribution in [3.05, 3.63) is 0 Å². The van der Waals surface area contributed by atoms with Crippen molar-refractivity contribution in [1.82, 2.24) is 5.32 Å². The molecular formula is C20H40N2O4. The highest BCUT2D eigenvalue weighted by Crippen LogP contribution is 2.13. The lowest BCUT2D eigenvalue weighted by Gasteiger charge is -2.16. The van der Waals surface area contributed by atoms with Crippen molar-refractivity contribution in [2.24, 2.45) is 11.7 Å². The number of aliphatic hydroxyl groups excluding tert-OH is 1. The van der Waals surface area contributed by atoms with Crippen molar-refractivity contribution in [3.8, 4) is 0 Å². The topological polar surface area (TPSA) is 113 Å². The molecule has 0 aliphatic heterocycles. The third-order valence-corrected chi connectivity index (χ3v) is 4.57. The molecule has 0 heterocycles. The summed E-state index contributed by atoms with van der Waals surface area (Å²) in [6.07, 6.45) is 10.3. The van der Waals surface area contributed by atoms with Crippen LogP contribution in [0.4, 0.5) is 0 Å². The van der Waals surface area contributed by atoms with Crippen LogP contribution in [0.25, 0.3) is 0 Å². The van der Waals surface area contributed by atoms with E-state index in [0.29, 0.717) is 25.8 Å². The molecule has 0 aromatic heterocycles. The largest absolute Gasteiger partial charge is 0.480 e. The quantitative estimate of drug-likeness (QED) is 0.293. The van der Waals surface area contributed by atoms with Crippen LogP contribution in [0.15, 0.2) is 0 Å². The number of rotatable bonds is 17. The van der Waals surface area contributed by atoms with Crippen LogP contribution in [0.2, 0.25) is 0 Å². The van der Waals surface area contributed by atoms with Crippen LogP contribution in [-0.2, 0) is 9.59 Å². The molecule has 0 aliphatic carbocycles. The van der Waals surface area contributed by atoms with Crippen LogP contribution in [-0.4, -0.2) is 40.8 Å². The SMILES string of the molecule is CC(C)CCCCCCCCCC(O)CC(=O)N[C@H](CCCN)C(=O)O. The van der Waals surface area contributed by atoms with Gasteiger partial charge in [-0.05, 0) is 31.7 Å². The lowest BCUT2D eigenvalue weighted by Crippen LogP contribution is -2.42. The van der Waals surface area contributed by atoms with Gasteiger partial charge >= 0.3 is 5.97 Å². The normalized spacial score (nSPS) is 13.6. The van der Waals surface area contributed by atoms with Crippen molar-refractivity contribution in [2.45, 2.75) is 103 Å². The molecule has 0 aliphatic rings. The van der Waals surface area contributed by atoms with E-state index in [-0.39, 0.29) is 6.42 Å². The second-order valence-electron chi connectivity index (χ2n) is 7.69. The average molecular weight is 373 g/mol. The summed E-state index contributed by atoms with van der Waals surface area (Å²) in [5.74, 6) is -0.679. The molecule has 2 atom stereocenters. The van der Waals surface area contributed by atoms with Crippen LogP contribution in [0.3, 0.4) is 0 Å². The number of hydrogen-bond donors (Lipinski definition) is 4. The van der Waals surface area contributed by atoms with E-state index in [9.17, 15) is 14.7 Å². The van der Waals surface area contributed by atoms with Gasteiger partial charge in [0.25, 0.3) is 0 Å². The number of carbonyl (C=O) groups excluding carboxylic acids is 1. The number of unbranched alkanes of at least 4 members (excludes halogenated alkanes) is 6. The number of aliphatic hydroxyl groups is 1. The summed E-state index contributed by atoms with van der Waals surface area (Å²) in [5.41, 5.74) is 5.37. The zero-order chi connectivity index (χ0) is 19.8. The minimum absolute atomic E-state index is 0.0401. The molecule has 0 saturated heterocycles. The fourth-order valence-electron chi connectivity index (χ4n) is 2.97. The van der Waals surface area contributed by atoms with Crippen LogP contribution < -0.4 is 11.1 Å². The Balaban J connectivity index is 3.69. The van der Waals surface area contributed by atoms with Crippen LogP contribution >= 0.6 is 0 Å². The Labute approximate surface area is 158 Å². The number of amides is 1. The van der Waals surface area contributed by atoms with Gasteiger partial charge < -0.3 is 21.3 Å². The summed E-state index contributed by atoms with van der Waals surface area (Å²) in [4.78, 5) is 22.9. The third kappa shape index (κ3) is 15.1. The highest BCUT2D eigenvalue weighted by atomic mass is 16.4. The van der Waals surface area contributed by atoms with Crippen LogP contribution in [0, 0.1) is 5.92 Å². The molecule has 1 unspecified atom stereocenters. The van der Waals surface area contributed by atoms with E-state index in [1.165, 1.54) is 38.5 Å². The Hall–Kier alpha value is -1.14. The van der Waals surface area contributed by atoms with Gasteiger partial charge in [-0.3, -0.25) is 4.79 Å². The summed E-state index contributed by atoms with van der Waals surface area (Å²) >= 11 is 0. The first-order valence-corrected chi connectivity index (χ1v) is 10.3. The van der Waals surface area contributed by atoms with Gasteiger partial charge in [0.05, 0.1) is 12.5 Å². The van der Waals surface area contributed by atoms with Gasteiger partial charge in [0, 0.05) is 0 Å². The number of carboxylic acid groups (broad SMARTS) is 1. The predicted molar refractivity (Wildman–Crippen MR) is 105 cm³/mol. The van der Waals surface area contributed by atoms with Crippen molar-refractivity contribution >= 4 is 11.9 Å².